The van der Waals surface area contributed by atoms with Crippen LogP contribution in [0.5, 0.6) is 0 Å². The van der Waals surface area contributed by atoms with E-state index in [9.17, 15) is 13.2 Å². The van der Waals surface area contributed by atoms with Gasteiger partial charge < -0.3 is 10.2 Å². The van der Waals surface area contributed by atoms with Gasteiger partial charge in [0, 0.05) is 38.3 Å². The van der Waals surface area contributed by atoms with Crippen LogP contribution in [0, 0.1) is 0 Å². The summed E-state index contributed by atoms with van der Waals surface area (Å²) in [5.74, 6) is -0.131. The number of rotatable bonds is 6. The molecule has 6 nitrogen and oxygen atoms in total. The first-order valence-corrected chi connectivity index (χ1v) is 10.5. The van der Waals surface area contributed by atoms with Gasteiger partial charge in [-0.3, -0.25) is 4.79 Å². The Hall–Kier alpha value is -2.22. The van der Waals surface area contributed by atoms with Crippen LogP contribution in [0.15, 0.2) is 59.5 Å². The molecule has 1 aliphatic rings. The maximum absolute atomic E-state index is 12.8. The molecule has 3 rings (SSSR count). The molecule has 0 atom stereocenters. The van der Waals surface area contributed by atoms with Crippen molar-refractivity contribution in [2.45, 2.75) is 17.7 Å². The first-order valence-electron chi connectivity index (χ1n) is 9.08. The molecule has 0 aliphatic carbocycles. The van der Waals surface area contributed by atoms with E-state index >= 15 is 0 Å². The van der Waals surface area contributed by atoms with Gasteiger partial charge in [-0.1, -0.05) is 36.4 Å². The molecule has 1 fully saturated rings. The summed E-state index contributed by atoms with van der Waals surface area (Å²) in [6, 6.07) is 16.3. The highest BCUT2D eigenvalue weighted by Gasteiger charge is 2.27. The van der Waals surface area contributed by atoms with Crippen molar-refractivity contribution in [2.24, 2.45) is 0 Å². The second-order valence-corrected chi connectivity index (χ2v) is 8.71. The zero-order chi connectivity index (χ0) is 19.3. The van der Waals surface area contributed by atoms with Gasteiger partial charge >= 0.3 is 0 Å². The Morgan fingerprint density at radius 3 is 2.41 bits per heavy atom. The maximum atomic E-state index is 12.8. The second kappa shape index (κ2) is 8.65. The van der Waals surface area contributed by atoms with Crippen molar-refractivity contribution in [2.75, 3.05) is 38.5 Å². The predicted molar refractivity (Wildman–Crippen MR) is 106 cm³/mol. The number of hydrogen-bond acceptors (Lipinski definition) is 4. The summed E-state index contributed by atoms with van der Waals surface area (Å²) in [6.07, 6.45) is 0.991. The number of nitrogens with one attached hydrogen (secondary N) is 1. The first kappa shape index (κ1) is 19.5. The van der Waals surface area contributed by atoms with E-state index < -0.39 is 10.0 Å². The molecule has 0 unspecified atom stereocenters. The number of anilines is 1. The summed E-state index contributed by atoms with van der Waals surface area (Å²) in [5, 5.41) is 2.80. The fourth-order valence-corrected chi connectivity index (χ4v) is 4.51. The quantitative estimate of drug-likeness (QED) is 0.825. The molecule has 1 saturated heterocycles. The molecule has 1 amide bonds. The molecule has 2 aromatic carbocycles. The molecule has 0 bridgehead atoms. The van der Waals surface area contributed by atoms with Crippen LogP contribution in [-0.4, -0.2) is 56.8 Å². The van der Waals surface area contributed by atoms with E-state index in [1.165, 1.54) is 10.4 Å². The zero-order valence-corrected chi connectivity index (χ0v) is 16.3. The van der Waals surface area contributed by atoms with Crippen molar-refractivity contribution in [1.82, 2.24) is 9.21 Å². The summed E-state index contributed by atoms with van der Waals surface area (Å²) in [7, 11) is -1.56. The fraction of sp³-hybridized carbons (Fsp3) is 0.350. The summed E-state index contributed by atoms with van der Waals surface area (Å²) in [4.78, 5) is 14.5. The smallest absolute Gasteiger partial charge is 0.243 e. The molecule has 0 saturated carbocycles. The molecule has 1 aliphatic heterocycles. The number of benzene rings is 2. The number of carbonyl (C=O) groups excluding carboxylic acids is 1. The van der Waals surface area contributed by atoms with Gasteiger partial charge in [0.2, 0.25) is 15.9 Å². The predicted octanol–water partition coefficient (Wildman–Crippen LogP) is 2.19. The Morgan fingerprint density at radius 1 is 1.00 bits per heavy atom. The lowest BCUT2D eigenvalue weighted by Crippen LogP contribution is -2.47. The van der Waals surface area contributed by atoms with E-state index in [0.29, 0.717) is 31.6 Å². The lowest BCUT2D eigenvalue weighted by Gasteiger charge is -2.31. The number of piperazine rings is 1. The van der Waals surface area contributed by atoms with E-state index in [4.69, 9.17) is 0 Å². The third-order valence-corrected chi connectivity index (χ3v) is 6.60. The van der Waals surface area contributed by atoms with Gasteiger partial charge in [0.05, 0.1) is 4.90 Å². The minimum atomic E-state index is -3.54. The van der Waals surface area contributed by atoms with Crippen molar-refractivity contribution in [3.63, 3.8) is 0 Å². The zero-order valence-electron chi connectivity index (χ0n) is 15.5. The van der Waals surface area contributed by atoms with Crippen molar-refractivity contribution in [1.29, 1.82) is 0 Å². The van der Waals surface area contributed by atoms with Crippen LogP contribution >= 0.6 is 0 Å². The monoisotopic (exact) mass is 387 g/mol. The Balaban J connectivity index is 1.63. The van der Waals surface area contributed by atoms with Crippen molar-refractivity contribution in [3.8, 4) is 0 Å². The van der Waals surface area contributed by atoms with Crippen molar-refractivity contribution in [3.05, 3.63) is 60.2 Å². The Kier molecular flexibility index (Phi) is 6.26. The molecule has 144 valence electrons. The fourth-order valence-electron chi connectivity index (χ4n) is 3.04. The average Bonchev–Trinajstić information content (AvgIpc) is 2.68. The summed E-state index contributed by atoms with van der Waals surface area (Å²) in [6.45, 7) is 2.39. The van der Waals surface area contributed by atoms with Crippen LogP contribution in [0.1, 0.15) is 12.0 Å². The van der Waals surface area contributed by atoms with Crippen LogP contribution in [-0.2, 0) is 21.2 Å². The number of aryl methyl sites for hydroxylation is 1. The van der Waals surface area contributed by atoms with Gasteiger partial charge in [-0.15, -0.1) is 0 Å². The lowest BCUT2D eigenvalue weighted by molar-refractivity contribution is -0.116. The van der Waals surface area contributed by atoms with Crippen LogP contribution in [0.3, 0.4) is 0 Å². The number of nitrogens with zero attached hydrogens (tertiary/aromatic N) is 2. The normalized spacial score (nSPS) is 16.2. The van der Waals surface area contributed by atoms with Gasteiger partial charge in [-0.25, -0.2) is 8.42 Å². The van der Waals surface area contributed by atoms with E-state index in [1.54, 1.807) is 18.2 Å². The molecular formula is C20H25N3O3S. The highest BCUT2D eigenvalue weighted by Crippen LogP contribution is 2.21. The molecule has 0 aromatic heterocycles. The minimum absolute atomic E-state index is 0.131. The first-order chi connectivity index (χ1) is 12.9. The SMILES string of the molecule is CN1CCN(S(=O)(=O)c2cccc(NC(=O)CCc3ccccc3)c2)CC1. The van der Waals surface area contributed by atoms with E-state index in [0.717, 1.165) is 18.7 Å². The molecule has 7 heteroatoms. The topological polar surface area (TPSA) is 69.7 Å². The van der Waals surface area contributed by atoms with E-state index in [-0.39, 0.29) is 10.8 Å². The molecule has 2 aromatic rings. The largest absolute Gasteiger partial charge is 0.326 e. The van der Waals surface area contributed by atoms with Crippen LogP contribution in [0.2, 0.25) is 0 Å². The molecular weight excluding hydrogens is 362 g/mol. The summed E-state index contributed by atoms with van der Waals surface area (Å²) in [5.41, 5.74) is 1.60. The van der Waals surface area contributed by atoms with Crippen molar-refractivity contribution < 1.29 is 13.2 Å². The van der Waals surface area contributed by atoms with Gasteiger partial charge in [0.15, 0.2) is 0 Å². The van der Waals surface area contributed by atoms with Gasteiger partial charge in [-0.05, 0) is 37.2 Å². The molecule has 1 heterocycles. The Labute approximate surface area is 160 Å². The lowest BCUT2D eigenvalue weighted by atomic mass is 10.1. The molecule has 1 N–H and O–H groups in total. The number of hydrogen-bond donors (Lipinski definition) is 1. The van der Waals surface area contributed by atoms with Crippen LogP contribution < -0.4 is 5.32 Å². The molecule has 0 spiro atoms. The Morgan fingerprint density at radius 2 is 1.70 bits per heavy atom. The van der Waals surface area contributed by atoms with Crippen LogP contribution in [0.25, 0.3) is 0 Å². The summed E-state index contributed by atoms with van der Waals surface area (Å²) < 4.78 is 27.2. The third-order valence-electron chi connectivity index (χ3n) is 4.70. The highest BCUT2D eigenvalue weighted by atomic mass is 32.2. The summed E-state index contributed by atoms with van der Waals surface area (Å²) >= 11 is 0. The second-order valence-electron chi connectivity index (χ2n) is 6.77. The maximum Gasteiger partial charge on any atom is 0.243 e. The minimum Gasteiger partial charge on any atom is -0.326 e. The number of carbonyl (C=O) groups is 1. The highest BCUT2D eigenvalue weighted by molar-refractivity contribution is 7.89. The van der Waals surface area contributed by atoms with Gasteiger partial charge in [-0.2, -0.15) is 4.31 Å². The molecule has 27 heavy (non-hydrogen) atoms. The van der Waals surface area contributed by atoms with Gasteiger partial charge in [0.1, 0.15) is 0 Å². The van der Waals surface area contributed by atoms with Crippen LogP contribution in [0.4, 0.5) is 5.69 Å². The van der Waals surface area contributed by atoms with Gasteiger partial charge in [0.25, 0.3) is 0 Å². The van der Waals surface area contributed by atoms with E-state index in [1.807, 2.05) is 37.4 Å². The molecule has 0 radical (unpaired) electrons. The average molecular weight is 388 g/mol. The number of sulfonamides is 1. The number of amides is 1. The third kappa shape index (κ3) is 5.15. The van der Waals surface area contributed by atoms with Crippen molar-refractivity contribution >= 4 is 21.6 Å². The van der Waals surface area contributed by atoms with E-state index in [2.05, 4.69) is 10.2 Å². The standard InChI is InChI=1S/C20H25N3O3S/c1-22-12-14-23(15-13-22)27(25,26)19-9-5-8-18(16-19)21-20(24)11-10-17-6-3-2-4-7-17/h2-9,16H,10-15H2,1H3,(H,21,24). The Bertz CT molecular complexity index is 876. The number of likely N-dealkylation sites (N-methyl/N-ethyl adjacent to an activating group) is 1.